The predicted octanol–water partition coefficient (Wildman–Crippen LogP) is 2.89. The van der Waals surface area contributed by atoms with Gasteiger partial charge in [0.25, 0.3) is 5.91 Å². The molecule has 0 radical (unpaired) electrons. The predicted molar refractivity (Wildman–Crippen MR) is 125 cm³/mol. The Morgan fingerprint density at radius 2 is 2.03 bits per heavy atom. The number of anilines is 1. The van der Waals surface area contributed by atoms with E-state index in [-0.39, 0.29) is 46.7 Å². The largest absolute Gasteiger partial charge is 0.494 e. The number of nitrogens with two attached hydrogens (primary N) is 1. The van der Waals surface area contributed by atoms with Crippen LogP contribution in [0.1, 0.15) is 28.8 Å². The normalized spacial score (nSPS) is 13.5. The lowest BCUT2D eigenvalue weighted by Gasteiger charge is -2.18. The van der Waals surface area contributed by atoms with Crippen molar-refractivity contribution in [2.24, 2.45) is 11.7 Å². The fourth-order valence-electron chi connectivity index (χ4n) is 2.90. The van der Waals surface area contributed by atoms with Crippen molar-refractivity contribution in [3.8, 4) is 11.5 Å². The summed E-state index contributed by atoms with van der Waals surface area (Å²) in [5, 5.41) is 14.5. The number of carbonyl (C=O) groups is 2. The van der Waals surface area contributed by atoms with Crippen molar-refractivity contribution in [1.29, 1.82) is 0 Å². The van der Waals surface area contributed by atoms with E-state index in [9.17, 15) is 14.0 Å². The van der Waals surface area contributed by atoms with E-state index in [1.807, 2.05) is 0 Å². The van der Waals surface area contributed by atoms with Crippen LogP contribution in [-0.2, 0) is 11.3 Å². The maximum atomic E-state index is 13.9. The number of hydrogen-bond donors (Lipinski definition) is 4. The molecular formula is C22H26Cl2FN3O5. The summed E-state index contributed by atoms with van der Waals surface area (Å²) in [6.07, 6.45) is 2.03. The summed E-state index contributed by atoms with van der Waals surface area (Å²) in [6.45, 7) is -0.146. The van der Waals surface area contributed by atoms with Crippen molar-refractivity contribution in [2.75, 3.05) is 25.6 Å². The maximum Gasteiger partial charge on any atom is 0.256 e. The maximum absolute atomic E-state index is 13.9. The summed E-state index contributed by atoms with van der Waals surface area (Å²) in [4.78, 5) is 25.2. The molecule has 180 valence electrons. The molecule has 1 atom stereocenters. The SMILES string of the molecule is COc1ccc(CNC(=O)c2c(Cl)ccc(NC(=O)[C@@H](N)CO)c2OCC2CC2)cc1F.Cl. The molecule has 0 aliphatic heterocycles. The number of rotatable bonds is 10. The van der Waals surface area contributed by atoms with E-state index < -0.39 is 30.3 Å². The number of amides is 2. The van der Waals surface area contributed by atoms with Crippen molar-refractivity contribution < 1.29 is 28.6 Å². The molecule has 1 aliphatic carbocycles. The zero-order valence-corrected chi connectivity index (χ0v) is 19.5. The van der Waals surface area contributed by atoms with Gasteiger partial charge in [0.2, 0.25) is 5.91 Å². The molecule has 2 aromatic carbocycles. The van der Waals surface area contributed by atoms with Crippen molar-refractivity contribution in [3.63, 3.8) is 0 Å². The summed E-state index contributed by atoms with van der Waals surface area (Å²) in [6, 6.07) is 6.17. The fourth-order valence-corrected chi connectivity index (χ4v) is 3.14. The minimum atomic E-state index is -1.13. The van der Waals surface area contributed by atoms with Crippen molar-refractivity contribution in [1.82, 2.24) is 5.32 Å². The van der Waals surface area contributed by atoms with Crippen LogP contribution in [0.2, 0.25) is 5.02 Å². The molecule has 11 heteroatoms. The van der Waals surface area contributed by atoms with Crippen LogP contribution in [0.4, 0.5) is 10.1 Å². The van der Waals surface area contributed by atoms with Gasteiger partial charge in [-0.05, 0) is 48.6 Å². The molecule has 1 saturated carbocycles. The van der Waals surface area contributed by atoms with Gasteiger partial charge in [-0.2, -0.15) is 0 Å². The molecule has 0 spiro atoms. The molecule has 0 bridgehead atoms. The number of aliphatic hydroxyl groups is 1. The molecule has 1 aliphatic rings. The van der Waals surface area contributed by atoms with Gasteiger partial charge in [-0.25, -0.2) is 4.39 Å². The number of halogens is 3. The van der Waals surface area contributed by atoms with Gasteiger partial charge < -0.3 is 30.9 Å². The van der Waals surface area contributed by atoms with Gasteiger partial charge in [0.1, 0.15) is 11.6 Å². The number of benzene rings is 2. The summed E-state index contributed by atoms with van der Waals surface area (Å²) in [5.74, 6) is -1.15. The second-order valence-electron chi connectivity index (χ2n) is 7.48. The van der Waals surface area contributed by atoms with E-state index >= 15 is 0 Å². The third-order valence-electron chi connectivity index (χ3n) is 4.95. The third kappa shape index (κ3) is 6.94. The highest BCUT2D eigenvalue weighted by atomic mass is 35.5. The second-order valence-corrected chi connectivity index (χ2v) is 7.89. The van der Waals surface area contributed by atoms with Gasteiger partial charge in [-0.3, -0.25) is 9.59 Å². The van der Waals surface area contributed by atoms with E-state index in [1.54, 1.807) is 6.07 Å². The molecule has 0 unspecified atom stereocenters. The Balaban J connectivity index is 0.00000385. The topological polar surface area (TPSA) is 123 Å². The highest BCUT2D eigenvalue weighted by Gasteiger charge is 2.27. The number of hydrogen-bond acceptors (Lipinski definition) is 6. The second kappa shape index (κ2) is 12.0. The molecule has 3 rings (SSSR count). The van der Waals surface area contributed by atoms with Crippen LogP contribution < -0.4 is 25.8 Å². The monoisotopic (exact) mass is 501 g/mol. The lowest BCUT2D eigenvalue weighted by Crippen LogP contribution is -2.38. The standard InChI is InChI=1S/C22H25ClFN3O5.ClH/c1-31-18-7-4-13(8-15(18)24)9-26-22(30)19-14(23)5-6-17(27-21(29)16(25)10-28)20(19)32-11-12-2-3-12;/h4-8,12,16,28H,2-3,9-11,25H2,1H3,(H,26,30)(H,27,29);1H/t16-;/m0./s1. The average molecular weight is 502 g/mol. The van der Waals surface area contributed by atoms with Crippen molar-refractivity contribution >= 4 is 41.5 Å². The van der Waals surface area contributed by atoms with Crippen LogP contribution in [-0.4, -0.2) is 43.3 Å². The van der Waals surface area contributed by atoms with E-state index in [1.165, 1.54) is 31.4 Å². The number of carbonyl (C=O) groups excluding carboxylic acids is 2. The van der Waals surface area contributed by atoms with E-state index in [0.717, 1.165) is 12.8 Å². The van der Waals surface area contributed by atoms with Crippen LogP contribution in [0, 0.1) is 11.7 Å². The van der Waals surface area contributed by atoms with Gasteiger partial charge in [0.05, 0.1) is 31.0 Å². The van der Waals surface area contributed by atoms with E-state index in [2.05, 4.69) is 10.6 Å². The van der Waals surface area contributed by atoms with Gasteiger partial charge in [-0.15, -0.1) is 12.4 Å². The molecule has 1 fully saturated rings. The van der Waals surface area contributed by atoms with E-state index in [0.29, 0.717) is 18.1 Å². The molecule has 2 aromatic rings. The van der Waals surface area contributed by atoms with Crippen LogP contribution in [0.5, 0.6) is 11.5 Å². The van der Waals surface area contributed by atoms with Crippen LogP contribution >= 0.6 is 24.0 Å². The fraction of sp³-hybridized carbons (Fsp3) is 0.364. The van der Waals surface area contributed by atoms with Crippen LogP contribution in [0.3, 0.4) is 0 Å². The molecule has 8 nitrogen and oxygen atoms in total. The minimum absolute atomic E-state index is 0. The first-order valence-electron chi connectivity index (χ1n) is 10.1. The van der Waals surface area contributed by atoms with Crippen LogP contribution in [0.15, 0.2) is 30.3 Å². The number of nitrogens with one attached hydrogen (secondary N) is 2. The minimum Gasteiger partial charge on any atom is -0.494 e. The highest BCUT2D eigenvalue weighted by molar-refractivity contribution is 6.34. The Morgan fingerprint density at radius 3 is 2.64 bits per heavy atom. The first-order chi connectivity index (χ1) is 15.3. The molecule has 0 heterocycles. The lowest BCUT2D eigenvalue weighted by atomic mass is 10.1. The highest BCUT2D eigenvalue weighted by Crippen LogP contribution is 2.37. The third-order valence-corrected chi connectivity index (χ3v) is 5.27. The Bertz CT molecular complexity index is 1000. The molecular weight excluding hydrogens is 476 g/mol. The van der Waals surface area contributed by atoms with Crippen molar-refractivity contribution in [3.05, 3.63) is 52.3 Å². The van der Waals surface area contributed by atoms with Gasteiger partial charge >= 0.3 is 0 Å². The number of ether oxygens (including phenoxy) is 2. The molecule has 5 N–H and O–H groups in total. The molecule has 33 heavy (non-hydrogen) atoms. The number of methoxy groups -OCH3 is 1. The first-order valence-corrected chi connectivity index (χ1v) is 10.4. The first kappa shape index (κ1) is 26.7. The smallest absolute Gasteiger partial charge is 0.256 e. The Labute approximate surface area is 202 Å². The Kier molecular flexibility index (Phi) is 9.72. The zero-order chi connectivity index (χ0) is 23.3. The quantitative estimate of drug-likeness (QED) is 0.396. The summed E-state index contributed by atoms with van der Waals surface area (Å²) >= 11 is 6.31. The Hall–Kier alpha value is -2.59. The molecule has 0 aromatic heterocycles. The van der Waals surface area contributed by atoms with Gasteiger partial charge in [-0.1, -0.05) is 17.7 Å². The van der Waals surface area contributed by atoms with Crippen molar-refractivity contribution in [2.45, 2.75) is 25.4 Å². The molecule has 0 saturated heterocycles. The van der Waals surface area contributed by atoms with Gasteiger partial charge in [0.15, 0.2) is 17.3 Å². The zero-order valence-electron chi connectivity index (χ0n) is 17.9. The summed E-state index contributed by atoms with van der Waals surface area (Å²) in [5.41, 5.74) is 6.34. The summed E-state index contributed by atoms with van der Waals surface area (Å²) < 4.78 is 24.7. The number of aliphatic hydroxyl groups excluding tert-OH is 1. The lowest BCUT2D eigenvalue weighted by molar-refractivity contribution is -0.118. The Morgan fingerprint density at radius 1 is 1.30 bits per heavy atom. The van der Waals surface area contributed by atoms with Crippen LogP contribution in [0.25, 0.3) is 0 Å². The van der Waals surface area contributed by atoms with Gasteiger partial charge in [0, 0.05) is 6.54 Å². The van der Waals surface area contributed by atoms with E-state index in [4.69, 9.17) is 31.9 Å². The summed E-state index contributed by atoms with van der Waals surface area (Å²) in [7, 11) is 1.37. The molecule has 2 amide bonds. The average Bonchev–Trinajstić information content (AvgIpc) is 3.61.